The normalized spacial score (nSPS) is 10.5. The zero-order chi connectivity index (χ0) is 16.8. The van der Waals surface area contributed by atoms with E-state index < -0.39 is 0 Å². The number of carbonyl (C=O) groups is 1. The maximum absolute atomic E-state index is 12.6. The Morgan fingerprint density at radius 3 is 2.52 bits per heavy atom. The first kappa shape index (κ1) is 17.3. The first-order valence-electron chi connectivity index (χ1n) is 7.45. The summed E-state index contributed by atoms with van der Waals surface area (Å²) in [5.74, 6) is 0.791. The van der Waals surface area contributed by atoms with Crippen molar-refractivity contribution in [1.29, 1.82) is 0 Å². The highest BCUT2D eigenvalue weighted by Crippen LogP contribution is 2.18. The van der Waals surface area contributed by atoms with Gasteiger partial charge in [0.2, 0.25) is 0 Å². The largest absolute Gasteiger partial charge is 0.497 e. The molecule has 0 aliphatic carbocycles. The number of amides is 2. The molecule has 0 atom stereocenters. The Morgan fingerprint density at radius 1 is 1.22 bits per heavy atom. The van der Waals surface area contributed by atoms with Crippen molar-refractivity contribution in [2.24, 2.45) is 0 Å². The third-order valence-electron chi connectivity index (χ3n) is 3.47. The number of ether oxygens (including phenoxy) is 1. The van der Waals surface area contributed by atoms with Crippen molar-refractivity contribution < 1.29 is 9.53 Å². The molecule has 23 heavy (non-hydrogen) atoms. The first-order valence-corrected chi connectivity index (χ1v) is 8.25. The van der Waals surface area contributed by atoms with E-state index >= 15 is 0 Å². The number of halogens is 1. The lowest BCUT2D eigenvalue weighted by atomic mass is 10.2. The molecule has 0 radical (unpaired) electrons. The van der Waals surface area contributed by atoms with Crippen LogP contribution in [0.25, 0.3) is 0 Å². The van der Waals surface area contributed by atoms with Crippen molar-refractivity contribution in [2.75, 3.05) is 12.4 Å². The molecule has 2 aromatic carbocycles. The molecule has 0 heterocycles. The number of benzene rings is 2. The van der Waals surface area contributed by atoms with Gasteiger partial charge in [0.1, 0.15) is 5.75 Å². The van der Waals surface area contributed by atoms with Gasteiger partial charge in [0, 0.05) is 22.7 Å². The molecular weight excluding hydrogens is 356 g/mol. The average Bonchev–Trinajstić information content (AvgIpc) is 2.54. The molecule has 0 saturated carbocycles. The lowest BCUT2D eigenvalue weighted by Crippen LogP contribution is -2.39. The van der Waals surface area contributed by atoms with Crippen LogP contribution in [0.5, 0.6) is 5.75 Å². The zero-order valence-corrected chi connectivity index (χ0v) is 15.1. The molecule has 0 saturated heterocycles. The van der Waals surface area contributed by atoms with Crippen molar-refractivity contribution in [3.8, 4) is 5.75 Å². The van der Waals surface area contributed by atoms with E-state index in [2.05, 4.69) is 21.2 Å². The molecule has 0 bridgehead atoms. The summed E-state index contributed by atoms with van der Waals surface area (Å²) in [6.07, 6.45) is 0. The van der Waals surface area contributed by atoms with Crippen LogP contribution < -0.4 is 10.1 Å². The summed E-state index contributed by atoms with van der Waals surface area (Å²) in [4.78, 5) is 14.4. The summed E-state index contributed by atoms with van der Waals surface area (Å²) in [5.41, 5.74) is 1.80. The van der Waals surface area contributed by atoms with Gasteiger partial charge in [-0.05, 0) is 55.8 Å². The second-order valence-corrected chi connectivity index (χ2v) is 6.43. The molecule has 2 amide bonds. The third kappa shape index (κ3) is 4.99. The molecule has 0 fully saturated rings. The highest BCUT2D eigenvalue weighted by molar-refractivity contribution is 9.10. The topological polar surface area (TPSA) is 41.6 Å². The van der Waals surface area contributed by atoms with Gasteiger partial charge in [-0.3, -0.25) is 0 Å². The Morgan fingerprint density at radius 2 is 1.91 bits per heavy atom. The van der Waals surface area contributed by atoms with Gasteiger partial charge in [-0.2, -0.15) is 0 Å². The van der Waals surface area contributed by atoms with Gasteiger partial charge in [0.25, 0.3) is 0 Å². The fourth-order valence-corrected chi connectivity index (χ4v) is 2.45. The van der Waals surface area contributed by atoms with Crippen molar-refractivity contribution in [3.05, 3.63) is 58.6 Å². The number of rotatable bonds is 5. The minimum atomic E-state index is -0.120. The number of nitrogens with one attached hydrogen (secondary N) is 1. The number of nitrogens with zero attached hydrogens (tertiary/aromatic N) is 1. The monoisotopic (exact) mass is 376 g/mol. The first-order chi connectivity index (χ1) is 11.0. The predicted octanol–water partition coefficient (Wildman–Crippen LogP) is 4.90. The summed E-state index contributed by atoms with van der Waals surface area (Å²) < 4.78 is 6.22. The highest BCUT2D eigenvalue weighted by atomic mass is 79.9. The van der Waals surface area contributed by atoms with E-state index in [-0.39, 0.29) is 12.1 Å². The molecule has 0 aromatic heterocycles. The molecule has 4 nitrogen and oxygen atoms in total. The van der Waals surface area contributed by atoms with E-state index in [1.165, 1.54) is 0 Å². The smallest absolute Gasteiger partial charge is 0.322 e. The minimum absolute atomic E-state index is 0.0802. The number of hydrogen-bond acceptors (Lipinski definition) is 2. The van der Waals surface area contributed by atoms with Crippen LogP contribution in [0.3, 0.4) is 0 Å². The van der Waals surface area contributed by atoms with Crippen LogP contribution in [-0.4, -0.2) is 24.1 Å². The molecule has 1 N–H and O–H groups in total. The van der Waals surface area contributed by atoms with Crippen molar-refractivity contribution in [1.82, 2.24) is 4.90 Å². The number of carbonyl (C=O) groups excluding carboxylic acids is 1. The molecular formula is C18H21BrN2O2. The third-order valence-corrected chi connectivity index (χ3v) is 4.00. The van der Waals surface area contributed by atoms with Gasteiger partial charge in [-0.25, -0.2) is 4.79 Å². The number of hydrogen-bond donors (Lipinski definition) is 1. The Labute approximate surface area is 145 Å². The fraction of sp³-hybridized carbons (Fsp3) is 0.278. The van der Waals surface area contributed by atoms with E-state index in [4.69, 9.17) is 4.74 Å². The lowest BCUT2D eigenvalue weighted by molar-refractivity contribution is 0.193. The van der Waals surface area contributed by atoms with Crippen molar-refractivity contribution in [2.45, 2.75) is 26.4 Å². The van der Waals surface area contributed by atoms with E-state index in [1.54, 1.807) is 12.0 Å². The number of methoxy groups -OCH3 is 1. The summed E-state index contributed by atoms with van der Waals surface area (Å²) in [7, 11) is 1.64. The molecule has 0 unspecified atom stereocenters. The van der Waals surface area contributed by atoms with Crippen LogP contribution in [0, 0.1) is 0 Å². The summed E-state index contributed by atoms with van der Waals surface area (Å²) in [5, 5.41) is 2.93. The van der Waals surface area contributed by atoms with E-state index in [0.29, 0.717) is 6.54 Å². The van der Waals surface area contributed by atoms with Crippen LogP contribution in [0.4, 0.5) is 10.5 Å². The van der Waals surface area contributed by atoms with Gasteiger partial charge >= 0.3 is 6.03 Å². The lowest BCUT2D eigenvalue weighted by Gasteiger charge is -2.27. The maximum Gasteiger partial charge on any atom is 0.322 e. The van der Waals surface area contributed by atoms with Crippen LogP contribution >= 0.6 is 15.9 Å². The Hall–Kier alpha value is -2.01. The molecule has 0 aliphatic heterocycles. The molecule has 2 rings (SSSR count). The van der Waals surface area contributed by atoms with Gasteiger partial charge < -0.3 is 15.0 Å². The summed E-state index contributed by atoms with van der Waals surface area (Å²) >= 11 is 3.39. The Kier molecular flexibility index (Phi) is 6.04. The molecule has 2 aromatic rings. The van der Waals surface area contributed by atoms with Gasteiger partial charge in [0.15, 0.2) is 0 Å². The maximum atomic E-state index is 12.6. The minimum Gasteiger partial charge on any atom is -0.497 e. The van der Waals surface area contributed by atoms with Gasteiger partial charge in [0.05, 0.1) is 7.11 Å². The van der Waals surface area contributed by atoms with Crippen LogP contribution in [0.2, 0.25) is 0 Å². The fourth-order valence-electron chi connectivity index (χ4n) is 2.18. The number of urea groups is 1. The van der Waals surface area contributed by atoms with Crippen molar-refractivity contribution >= 4 is 27.6 Å². The SMILES string of the molecule is COc1cccc(CN(C(=O)Nc2ccc(Br)cc2)C(C)C)c1. The van der Waals surface area contributed by atoms with Gasteiger partial charge in [-0.15, -0.1) is 0 Å². The van der Waals surface area contributed by atoms with Crippen LogP contribution in [0.1, 0.15) is 19.4 Å². The average molecular weight is 377 g/mol. The molecule has 5 heteroatoms. The molecule has 122 valence electrons. The van der Waals surface area contributed by atoms with E-state index in [1.807, 2.05) is 62.4 Å². The summed E-state index contributed by atoms with van der Waals surface area (Å²) in [6, 6.07) is 15.3. The quantitative estimate of drug-likeness (QED) is 0.805. The van der Waals surface area contributed by atoms with Crippen molar-refractivity contribution in [3.63, 3.8) is 0 Å². The summed E-state index contributed by atoms with van der Waals surface area (Å²) in [6.45, 7) is 4.53. The zero-order valence-electron chi connectivity index (χ0n) is 13.5. The van der Waals surface area contributed by atoms with Crippen LogP contribution in [0.15, 0.2) is 53.0 Å². The van der Waals surface area contributed by atoms with E-state index in [0.717, 1.165) is 21.5 Å². The van der Waals surface area contributed by atoms with E-state index in [9.17, 15) is 4.79 Å². The highest BCUT2D eigenvalue weighted by Gasteiger charge is 2.17. The second kappa shape index (κ2) is 8.02. The molecule has 0 aliphatic rings. The Balaban J connectivity index is 2.10. The van der Waals surface area contributed by atoms with Gasteiger partial charge in [-0.1, -0.05) is 28.1 Å². The predicted molar refractivity (Wildman–Crippen MR) is 96.8 cm³/mol. The Bertz CT molecular complexity index is 656. The molecule has 0 spiro atoms. The second-order valence-electron chi connectivity index (χ2n) is 5.51. The standard InChI is InChI=1S/C18H21BrN2O2/c1-13(2)21(12-14-5-4-6-17(11-14)23-3)18(22)20-16-9-7-15(19)8-10-16/h4-11,13H,12H2,1-3H3,(H,20,22). The van der Waals surface area contributed by atoms with Crippen LogP contribution in [-0.2, 0) is 6.54 Å². The number of anilines is 1.